The lowest BCUT2D eigenvalue weighted by molar-refractivity contribution is 0.101. The van der Waals surface area contributed by atoms with Crippen molar-refractivity contribution in [3.8, 4) is 0 Å². The van der Waals surface area contributed by atoms with Crippen molar-refractivity contribution >= 4 is 23.1 Å². The topological polar surface area (TPSA) is 20.3 Å². The smallest absolute Gasteiger partial charge is 0.161 e. The van der Waals surface area contributed by atoms with Crippen molar-refractivity contribution in [1.82, 2.24) is 0 Å². The minimum Gasteiger partial charge on any atom is -0.371 e. The zero-order chi connectivity index (χ0) is 13.1. The van der Waals surface area contributed by atoms with Crippen LogP contribution in [0, 0.1) is 5.92 Å². The summed E-state index contributed by atoms with van der Waals surface area (Å²) < 4.78 is 0. The van der Waals surface area contributed by atoms with Gasteiger partial charge in [-0.2, -0.15) is 0 Å². The monoisotopic (exact) mass is 265 g/mol. The van der Waals surface area contributed by atoms with Crippen molar-refractivity contribution in [2.45, 2.75) is 33.1 Å². The number of hydrogen-bond donors (Lipinski definition) is 0. The Bertz CT molecular complexity index is 444. The molecule has 2 rings (SSSR count). The van der Waals surface area contributed by atoms with Gasteiger partial charge in [0.05, 0.1) is 5.02 Å². The molecule has 0 spiro atoms. The average Bonchev–Trinajstić information content (AvgIpc) is 2.53. The largest absolute Gasteiger partial charge is 0.371 e. The van der Waals surface area contributed by atoms with Crippen LogP contribution in [-0.2, 0) is 0 Å². The van der Waals surface area contributed by atoms with Gasteiger partial charge in [-0.1, -0.05) is 18.5 Å². The molecule has 0 aliphatic carbocycles. The number of benzene rings is 1. The molecular weight excluding hydrogens is 246 g/mol. The number of carbonyl (C=O) groups is 1. The van der Waals surface area contributed by atoms with E-state index in [1.165, 1.54) is 19.3 Å². The van der Waals surface area contributed by atoms with Gasteiger partial charge >= 0.3 is 0 Å². The Labute approximate surface area is 114 Å². The second kappa shape index (κ2) is 5.75. The third kappa shape index (κ3) is 3.05. The predicted octanol–water partition coefficient (Wildman–Crippen LogP) is 4.17. The molecule has 1 unspecified atom stereocenters. The van der Waals surface area contributed by atoms with E-state index in [9.17, 15) is 4.79 Å². The SMILES string of the molecule is CC(=O)c1ccc(N2CCCC(C)CC2)cc1Cl. The van der Waals surface area contributed by atoms with E-state index >= 15 is 0 Å². The molecule has 0 N–H and O–H groups in total. The third-order valence-corrected chi connectivity index (χ3v) is 4.03. The lowest BCUT2D eigenvalue weighted by Crippen LogP contribution is -2.24. The first kappa shape index (κ1) is 13.4. The van der Waals surface area contributed by atoms with E-state index in [-0.39, 0.29) is 5.78 Å². The molecule has 1 aromatic carbocycles. The molecule has 3 heteroatoms. The fourth-order valence-corrected chi connectivity index (χ4v) is 2.82. The van der Waals surface area contributed by atoms with E-state index in [0.29, 0.717) is 10.6 Å². The van der Waals surface area contributed by atoms with E-state index in [1.807, 2.05) is 18.2 Å². The summed E-state index contributed by atoms with van der Waals surface area (Å²) in [5.41, 5.74) is 1.75. The van der Waals surface area contributed by atoms with E-state index in [2.05, 4.69) is 11.8 Å². The molecule has 0 amide bonds. The van der Waals surface area contributed by atoms with Gasteiger partial charge in [0, 0.05) is 24.3 Å². The number of carbonyl (C=O) groups excluding carboxylic acids is 1. The van der Waals surface area contributed by atoms with Gasteiger partial charge in [0.25, 0.3) is 0 Å². The summed E-state index contributed by atoms with van der Waals surface area (Å²) in [7, 11) is 0. The number of anilines is 1. The normalized spacial score (nSPS) is 20.6. The van der Waals surface area contributed by atoms with Crippen molar-refractivity contribution in [2.75, 3.05) is 18.0 Å². The Morgan fingerprint density at radius 1 is 1.33 bits per heavy atom. The van der Waals surface area contributed by atoms with Crippen LogP contribution in [0.15, 0.2) is 18.2 Å². The van der Waals surface area contributed by atoms with Crippen LogP contribution in [0.1, 0.15) is 43.5 Å². The quantitative estimate of drug-likeness (QED) is 0.748. The van der Waals surface area contributed by atoms with Gasteiger partial charge in [-0.15, -0.1) is 0 Å². The number of nitrogens with zero attached hydrogens (tertiary/aromatic N) is 1. The highest BCUT2D eigenvalue weighted by Crippen LogP contribution is 2.27. The van der Waals surface area contributed by atoms with Gasteiger partial charge < -0.3 is 4.90 Å². The van der Waals surface area contributed by atoms with E-state index in [0.717, 1.165) is 24.7 Å². The van der Waals surface area contributed by atoms with Crippen LogP contribution in [0.3, 0.4) is 0 Å². The fourth-order valence-electron chi connectivity index (χ4n) is 2.51. The zero-order valence-corrected chi connectivity index (χ0v) is 11.8. The maximum Gasteiger partial charge on any atom is 0.161 e. The summed E-state index contributed by atoms with van der Waals surface area (Å²) in [6.45, 7) is 6.03. The summed E-state index contributed by atoms with van der Waals surface area (Å²) >= 11 is 6.17. The molecule has 1 fully saturated rings. The van der Waals surface area contributed by atoms with Crippen LogP contribution in [0.2, 0.25) is 5.02 Å². The molecule has 0 aromatic heterocycles. The van der Waals surface area contributed by atoms with Crippen LogP contribution >= 0.6 is 11.6 Å². The van der Waals surface area contributed by atoms with Crippen molar-refractivity contribution in [3.05, 3.63) is 28.8 Å². The number of rotatable bonds is 2. The molecule has 18 heavy (non-hydrogen) atoms. The Morgan fingerprint density at radius 3 is 2.78 bits per heavy atom. The maximum absolute atomic E-state index is 11.4. The average molecular weight is 266 g/mol. The van der Waals surface area contributed by atoms with Gasteiger partial charge in [0.1, 0.15) is 0 Å². The lowest BCUT2D eigenvalue weighted by atomic mass is 10.0. The van der Waals surface area contributed by atoms with Crippen LogP contribution in [0.4, 0.5) is 5.69 Å². The minimum absolute atomic E-state index is 0.0241. The number of ketones is 1. The lowest BCUT2D eigenvalue weighted by Gasteiger charge is -2.23. The first-order valence-electron chi connectivity index (χ1n) is 6.63. The molecule has 0 saturated carbocycles. The van der Waals surface area contributed by atoms with Crippen LogP contribution < -0.4 is 4.90 Å². The zero-order valence-electron chi connectivity index (χ0n) is 11.1. The van der Waals surface area contributed by atoms with Gasteiger partial charge in [0.15, 0.2) is 5.78 Å². The molecule has 0 radical (unpaired) electrons. The molecular formula is C15H20ClNO. The third-order valence-electron chi connectivity index (χ3n) is 3.71. The molecule has 1 heterocycles. The second-order valence-corrected chi connectivity index (χ2v) is 5.65. The van der Waals surface area contributed by atoms with Crippen molar-refractivity contribution in [3.63, 3.8) is 0 Å². The summed E-state index contributed by atoms with van der Waals surface area (Å²) in [6.07, 6.45) is 3.76. The number of hydrogen-bond acceptors (Lipinski definition) is 2. The molecule has 2 nitrogen and oxygen atoms in total. The molecule has 1 aliphatic heterocycles. The highest BCUT2D eigenvalue weighted by Gasteiger charge is 2.15. The first-order chi connectivity index (χ1) is 8.58. The summed E-state index contributed by atoms with van der Waals surface area (Å²) in [4.78, 5) is 13.7. The van der Waals surface area contributed by atoms with Crippen LogP contribution in [0.25, 0.3) is 0 Å². The second-order valence-electron chi connectivity index (χ2n) is 5.24. The van der Waals surface area contributed by atoms with Crippen molar-refractivity contribution in [2.24, 2.45) is 5.92 Å². The van der Waals surface area contributed by atoms with E-state index in [4.69, 9.17) is 11.6 Å². The van der Waals surface area contributed by atoms with Gasteiger partial charge in [-0.25, -0.2) is 0 Å². The van der Waals surface area contributed by atoms with Gasteiger partial charge in [-0.3, -0.25) is 4.79 Å². The Hall–Kier alpha value is -1.02. The first-order valence-corrected chi connectivity index (χ1v) is 7.01. The molecule has 1 saturated heterocycles. The molecule has 98 valence electrons. The summed E-state index contributed by atoms with van der Waals surface area (Å²) in [5, 5.41) is 0.567. The Morgan fingerprint density at radius 2 is 2.11 bits per heavy atom. The molecule has 1 atom stereocenters. The molecule has 1 aliphatic rings. The van der Waals surface area contributed by atoms with Crippen molar-refractivity contribution in [1.29, 1.82) is 0 Å². The Balaban J connectivity index is 2.18. The van der Waals surface area contributed by atoms with Gasteiger partial charge in [0.2, 0.25) is 0 Å². The summed E-state index contributed by atoms with van der Waals surface area (Å²) in [5.74, 6) is 0.831. The highest BCUT2D eigenvalue weighted by molar-refractivity contribution is 6.34. The van der Waals surface area contributed by atoms with Crippen molar-refractivity contribution < 1.29 is 4.79 Å². The summed E-state index contributed by atoms with van der Waals surface area (Å²) in [6, 6.07) is 5.78. The van der Waals surface area contributed by atoms with Crippen LogP contribution in [0.5, 0.6) is 0 Å². The van der Waals surface area contributed by atoms with E-state index < -0.39 is 0 Å². The standard InChI is InChI=1S/C15H20ClNO/c1-11-4-3-8-17(9-7-11)13-5-6-14(12(2)18)15(16)10-13/h5-6,10-11H,3-4,7-9H2,1-2H3. The number of halogens is 1. The van der Waals surface area contributed by atoms with Crippen LogP contribution in [-0.4, -0.2) is 18.9 Å². The number of Topliss-reactive ketones (excluding diaryl/α,β-unsaturated/α-hetero) is 1. The van der Waals surface area contributed by atoms with Gasteiger partial charge in [-0.05, 0) is 50.3 Å². The van der Waals surface area contributed by atoms with E-state index in [1.54, 1.807) is 6.92 Å². The molecule has 1 aromatic rings. The maximum atomic E-state index is 11.4. The highest BCUT2D eigenvalue weighted by atomic mass is 35.5. The molecule has 0 bridgehead atoms. The predicted molar refractivity (Wildman–Crippen MR) is 76.7 cm³/mol. The minimum atomic E-state index is 0.0241. The Kier molecular flexibility index (Phi) is 4.28. The fraction of sp³-hybridized carbons (Fsp3) is 0.533.